The third-order valence-corrected chi connectivity index (χ3v) is 5.00. The molecule has 0 radical (unpaired) electrons. The number of hydrogen-bond acceptors (Lipinski definition) is 5. The molecular weight excluding hydrogens is 380 g/mol. The zero-order valence-corrected chi connectivity index (χ0v) is 17.9. The van der Waals surface area contributed by atoms with Crippen LogP contribution in [0.1, 0.15) is 23.6 Å². The molecule has 0 aromatic heterocycles. The average molecular weight is 406 g/mol. The molecule has 3 aromatic carbocycles. The molecular formula is C25H26O5. The van der Waals surface area contributed by atoms with Gasteiger partial charge in [-0.1, -0.05) is 36.4 Å². The first-order valence-electron chi connectivity index (χ1n) is 9.48. The molecule has 30 heavy (non-hydrogen) atoms. The predicted octanol–water partition coefficient (Wildman–Crippen LogP) is 5.41. The molecule has 0 unspecified atom stereocenters. The molecule has 3 aromatic rings. The van der Waals surface area contributed by atoms with Crippen LogP contribution in [0.5, 0.6) is 28.7 Å². The van der Waals surface area contributed by atoms with Crippen LogP contribution in [0.3, 0.4) is 0 Å². The SMILES string of the molecule is COc1ccc(/C(=C(\C)c2cc(OC)c(OC)c(OC)c2)c2ccccc2)cc1O. The van der Waals surface area contributed by atoms with Crippen molar-refractivity contribution in [2.75, 3.05) is 28.4 Å². The van der Waals surface area contributed by atoms with Crippen molar-refractivity contribution in [2.24, 2.45) is 0 Å². The lowest BCUT2D eigenvalue weighted by Crippen LogP contribution is -1.98. The molecule has 0 saturated carbocycles. The van der Waals surface area contributed by atoms with Gasteiger partial charge in [-0.3, -0.25) is 0 Å². The maximum atomic E-state index is 10.4. The summed E-state index contributed by atoms with van der Waals surface area (Å²) in [6, 6.07) is 19.3. The highest BCUT2D eigenvalue weighted by Crippen LogP contribution is 2.42. The van der Waals surface area contributed by atoms with E-state index >= 15 is 0 Å². The quantitative estimate of drug-likeness (QED) is 0.532. The van der Waals surface area contributed by atoms with Gasteiger partial charge < -0.3 is 24.1 Å². The second-order valence-corrected chi connectivity index (χ2v) is 6.67. The van der Waals surface area contributed by atoms with E-state index in [0.29, 0.717) is 23.0 Å². The van der Waals surface area contributed by atoms with Crippen molar-refractivity contribution in [3.63, 3.8) is 0 Å². The Hall–Kier alpha value is -3.60. The lowest BCUT2D eigenvalue weighted by molar-refractivity contribution is 0.324. The summed E-state index contributed by atoms with van der Waals surface area (Å²) < 4.78 is 21.7. The Kier molecular flexibility index (Phi) is 6.52. The van der Waals surface area contributed by atoms with E-state index in [1.54, 1.807) is 33.5 Å². The molecule has 0 aliphatic rings. The Morgan fingerprint density at radius 1 is 0.633 bits per heavy atom. The highest BCUT2D eigenvalue weighted by atomic mass is 16.5. The van der Waals surface area contributed by atoms with E-state index in [2.05, 4.69) is 0 Å². The molecule has 0 spiro atoms. The van der Waals surface area contributed by atoms with Crippen molar-refractivity contribution in [1.82, 2.24) is 0 Å². The van der Waals surface area contributed by atoms with Gasteiger partial charge in [-0.05, 0) is 59.0 Å². The minimum absolute atomic E-state index is 0.0844. The van der Waals surface area contributed by atoms with Crippen molar-refractivity contribution in [2.45, 2.75) is 6.92 Å². The van der Waals surface area contributed by atoms with Crippen LogP contribution in [0.4, 0.5) is 0 Å². The molecule has 1 N–H and O–H groups in total. The van der Waals surface area contributed by atoms with E-state index in [-0.39, 0.29) is 5.75 Å². The summed E-state index contributed by atoms with van der Waals surface area (Å²) in [4.78, 5) is 0. The Morgan fingerprint density at radius 2 is 1.23 bits per heavy atom. The molecule has 0 aliphatic heterocycles. The Morgan fingerprint density at radius 3 is 1.73 bits per heavy atom. The van der Waals surface area contributed by atoms with Crippen LogP contribution in [0.25, 0.3) is 11.1 Å². The smallest absolute Gasteiger partial charge is 0.203 e. The van der Waals surface area contributed by atoms with Crippen LogP contribution in [0.2, 0.25) is 0 Å². The summed E-state index contributed by atoms with van der Waals surface area (Å²) in [5, 5.41) is 10.4. The molecule has 0 fully saturated rings. The van der Waals surface area contributed by atoms with Gasteiger partial charge in [0.1, 0.15) is 0 Å². The van der Waals surface area contributed by atoms with Crippen LogP contribution < -0.4 is 18.9 Å². The van der Waals surface area contributed by atoms with Crippen molar-refractivity contribution >= 4 is 11.1 Å². The molecule has 5 heteroatoms. The second-order valence-electron chi connectivity index (χ2n) is 6.67. The van der Waals surface area contributed by atoms with Crippen LogP contribution in [0.15, 0.2) is 60.7 Å². The normalized spacial score (nSPS) is 11.5. The Balaban J connectivity index is 2.29. The monoisotopic (exact) mass is 406 g/mol. The van der Waals surface area contributed by atoms with E-state index in [9.17, 15) is 5.11 Å². The highest BCUT2D eigenvalue weighted by Gasteiger charge is 2.18. The number of phenolic OH excluding ortho intramolecular Hbond substituents is 1. The Labute approximate surface area is 177 Å². The van der Waals surface area contributed by atoms with Crippen molar-refractivity contribution in [3.8, 4) is 28.7 Å². The van der Waals surface area contributed by atoms with Gasteiger partial charge in [0.05, 0.1) is 28.4 Å². The third-order valence-electron chi connectivity index (χ3n) is 5.00. The Bertz CT molecular complexity index is 1030. The second kappa shape index (κ2) is 9.27. The molecule has 0 saturated heterocycles. The van der Waals surface area contributed by atoms with Gasteiger partial charge in [0.15, 0.2) is 23.0 Å². The first kappa shape index (κ1) is 21.1. The van der Waals surface area contributed by atoms with Gasteiger partial charge >= 0.3 is 0 Å². The summed E-state index contributed by atoms with van der Waals surface area (Å²) in [7, 11) is 6.31. The van der Waals surface area contributed by atoms with Gasteiger partial charge in [-0.25, -0.2) is 0 Å². The number of aromatic hydroxyl groups is 1. The minimum atomic E-state index is 0.0844. The topological polar surface area (TPSA) is 57.2 Å². The van der Waals surface area contributed by atoms with Gasteiger partial charge in [-0.15, -0.1) is 0 Å². The molecule has 0 amide bonds. The zero-order valence-electron chi connectivity index (χ0n) is 17.9. The number of hydrogen-bond donors (Lipinski definition) is 1. The van der Waals surface area contributed by atoms with E-state index in [0.717, 1.165) is 27.8 Å². The summed E-state index contributed by atoms with van der Waals surface area (Å²) in [6.07, 6.45) is 0. The van der Waals surface area contributed by atoms with Crippen molar-refractivity contribution < 1.29 is 24.1 Å². The summed E-state index contributed by atoms with van der Waals surface area (Å²) >= 11 is 0. The maximum Gasteiger partial charge on any atom is 0.203 e. The molecule has 3 rings (SSSR count). The first-order chi connectivity index (χ1) is 14.5. The first-order valence-corrected chi connectivity index (χ1v) is 9.48. The number of benzene rings is 3. The van der Waals surface area contributed by atoms with Crippen molar-refractivity contribution in [1.29, 1.82) is 0 Å². The fourth-order valence-electron chi connectivity index (χ4n) is 3.49. The van der Waals surface area contributed by atoms with Crippen molar-refractivity contribution in [3.05, 3.63) is 77.4 Å². The number of ether oxygens (including phenoxy) is 4. The third kappa shape index (κ3) is 4.06. The van der Waals surface area contributed by atoms with E-state index < -0.39 is 0 Å². The lowest BCUT2D eigenvalue weighted by Gasteiger charge is -2.18. The van der Waals surface area contributed by atoms with Gasteiger partial charge in [0.25, 0.3) is 0 Å². The number of allylic oxidation sites excluding steroid dienone is 1. The standard InChI is InChI=1S/C25H26O5/c1-16(19-14-22(28-3)25(30-5)23(15-19)29-4)24(17-9-7-6-8-10-17)18-11-12-21(27-2)20(26)13-18/h6-15,26H,1-5H3/b24-16+. The van der Waals surface area contributed by atoms with Crippen LogP contribution in [0, 0.1) is 0 Å². The lowest BCUT2D eigenvalue weighted by atomic mass is 9.90. The van der Waals surface area contributed by atoms with Gasteiger partial charge in [0, 0.05) is 0 Å². The van der Waals surface area contributed by atoms with Crippen LogP contribution in [-0.2, 0) is 0 Å². The van der Waals surface area contributed by atoms with Crippen LogP contribution >= 0.6 is 0 Å². The molecule has 5 nitrogen and oxygen atoms in total. The largest absolute Gasteiger partial charge is 0.504 e. The highest BCUT2D eigenvalue weighted by molar-refractivity contribution is 5.98. The maximum absolute atomic E-state index is 10.4. The molecule has 0 bridgehead atoms. The summed E-state index contributed by atoms with van der Waals surface area (Å²) in [6.45, 7) is 2.03. The summed E-state index contributed by atoms with van der Waals surface area (Å²) in [5.41, 5.74) is 4.77. The summed E-state index contributed by atoms with van der Waals surface area (Å²) in [5.74, 6) is 2.21. The molecule has 156 valence electrons. The van der Waals surface area contributed by atoms with Gasteiger partial charge in [0.2, 0.25) is 5.75 Å². The zero-order chi connectivity index (χ0) is 21.7. The fraction of sp³-hybridized carbons (Fsp3) is 0.200. The number of methoxy groups -OCH3 is 4. The van der Waals surface area contributed by atoms with E-state index in [4.69, 9.17) is 18.9 Å². The molecule has 0 atom stereocenters. The number of rotatable bonds is 7. The van der Waals surface area contributed by atoms with Crippen LogP contribution in [-0.4, -0.2) is 33.5 Å². The molecule has 0 heterocycles. The fourth-order valence-corrected chi connectivity index (χ4v) is 3.49. The van der Waals surface area contributed by atoms with E-state index in [1.165, 1.54) is 7.11 Å². The predicted molar refractivity (Wildman–Crippen MR) is 119 cm³/mol. The number of phenols is 1. The average Bonchev–Trinajstić information content (AvgIpc) is 2.78. The van der Waals surface area contributed by atoms with Gasteiger partial charge in [-0.2, -0.15) is 0 Å². The molecule has 0 aliphatic carbocycles. The van der Waals surface area contributed by atoms with E-state index in [1.807, 2.05) is 55.5 Å². The minimum Gasteiger partial charge on any atom is -0.504 e.